The Morgan fingerprint density at radius 3 is 1.74 bits per heavy atom. The molecule has 0 aliphatic heterocycles. The van der Waals surface area contributed by atoms with Crippen LogP contribution in [-0.2, 0) is 9.59 Å². The van der Waals surface area contributed by atoms with Crippen molar-refractivity contribution in [3.05, 3.63) is 12.1 Å². The fraction of sp³-hybridized carbons (Fsp3) is 0.750. The van der Waals surface area contributed by atoms with Crippen LogP contribution in [0, 0.1) is 5.92 Å². The molecule has 0 aliphatic rings. The van der Waals surface area contributed by atoms with Crippen LogP contribution < -0.4 is 4.84 Å². The third-order valence-corrected chi connectivity index (χ3v) is 5.68. The van der Waals surface area contributed by atoms with E-state index in [0.717, 1.165) is 51.4 Å². The van der Waals surface area contributed by atoms with E-state index >= 15 is 0 Å². The molecule has 0 aliphatic carbocycles. The van der Waals surface area contributed by atoms with Crippen molar-refractivity contribution in [2.24, 2.45) is 5.92 Å². The Kier molecular flexibility index (Phi) is 14.3. The van der Waals surface area contributed by atoms with E-state index in [-0.39, 0.29) is 24.1 Å². The van der Waals surface area contributed by atoms with Crippen molar-refractivity contribution in [2.45, 2.75) is 110 Å². The Morgan fingerprint density at radius 1 is 0.806 bits per heavy atom. The zero-order valence-electron chi connectivity index (χ0n) is 19.1. The first-order valence-corrected chi connectivity index (χ1v) is 12.0. The molecule has 0 saturated heterocycles. The lowest BCUT2D eigenvalue weighted by atomic mass is 9.94. The van der Waals surface area contributed by atoms with Gasteiger partial charge in [0.15, 0.2) is 0 Å². The molecule has 1 unspecified atom stereocenters. The van der Waals surface area contributed by atoms with Crippen LogP contribution in [0.4, 0.5) is 0 Å². The molecule has 1 heterocycles. The van der Waals surface area contributed by atoms with Gasteiger partial charge in [-0.1, -0.05) is 84.0 Å². The predicted octanol–water partition coefficient (Wildman–Crippen LogP) is 5.82. The number of hydrogen-bond acceptors (Lipinski definition) is 5. The van der Waals surface area contributed by atoms with Crippen molar-refractivity contribution in [1.82, 2.24) is 4.73 Å². The van der Waals surface area contributed by atoms with E-state index in [4.69, 9.17) is 4.84 Å². The molecule has 0 radical (unpaired) electrons. The van der Waals surface area contributed by atoms with E-state index < -0.39 is 11.9 Å². The lowest BCUT2D eigenvalue weighted by Gasteiger charge is -2.12. The summed E-state index contributed by atoms with van der Waals surface area (Å²) in [7, 11) is 0. The first-order valence-electron chi connectivity index (χ1n) is 12.0. The number of rotatable bonds is 19. The molecular weight excluding hydrogens is 398 g/mol. The van der Waals surface area contributed by atoms with Gasteiger partial charge in [-0.05, 0) is 19.3 Å². The van der Waals surface area contributed by atoms with Crippen molar-refractivity contribution in [3.8, 4) is 11.8 Å². The second-order valence-electron chi connectivity index (χ2n) is 8.41. The molecular formula is C24H41NO6. The molecule has 1 aromatic rings. The summed E-state index contributed by atoms with van der Waals surface area (Å²) < 4.78 is 0.695. The third kappa shape index (κ3) is 12.3. The van der Waals surface area contributed by atoms with Gasteiger partial charge in [0.2, 0.25) is 11.8 Å². The topological polar surface area (TPSA) is 109 Å². The summed E-state index contributed by atoms with van der Waals surface area (Å²) in [6, 6.07) is 2.48. The molecule has 0 bridgehead atoms. The van der Waals surface area contributed by atoms with E-state index in [2.05, 4.69) is 6.92 Å². The maximum Gasteiger partial charge on any atom is 0.333 e. The molecule has 178 valence electrons. The summed E-state index contributed by atoms with van der Waals surface area (Å²) in [4.78, 5) is 28.1. The second kappa shape index (κ2) is 16.5. The zero-order valence-corrected chi connectivity index (χ0v) is 19.1. The van der Waals surface area contributed by atoms with Gasteiger partial charge in [-0.25, -0.2) is 4.79 Å². The van der Waals surface area contributed by atoms with E-state index in [1.54, 1.807) is 0 Å². The van der Waals surface area contributed by atoms with Crippen molar-refractivity contribution < 1.29 is 29.7 Å². The van der Waals surface area contributed by atoms with Crippen molar-refractivity contribution in [3.63, 3.8) is 0 Å². The highest BCUT2D eigenvalue weighted by Crippen LogP contribution is 2.21. The molecule has 0 fully saturated rings. The Morgan fingerprint density at radius 2 is 1.26 bits per heavy atom. The summed E-state index contributed by atoms with van der Waals surface area (Å²) in [6.45, 7) is 2.22. The smallest absolute Gasteiger partial charge is 0.333 e. The van der Waals surface area contributed by atoms with Gasteiger partial charge in [0, 0.05) is 18.6 Å². The number of carboxylic acids is 1. The van der Waals surface area contributed by atoms with Crippen molar-refractivity contribution >= 4 is 11.9 Å². The third-order valence-electron chi connectivity index (χ3n) is 5.68. The van der Waals surface area contributed by atoms with Crippen LogP contribution in [0.1, 0.15) is 110 Å². The van der Waals surface area contributed by atoms with Gasteiger partial charge in [-0.3, -0.25) is 4.79 Å². The van der Waals surface area contributed by atoms with Crippen LogP contribution in [0.2, 0.25) is 0 Å². The molecule has 31 heavy (non-hydrogen) atoms. The van der Waals surface area contributed by atoms with Crippen LogP contribution in [0.15, 0.2) is 12.1 Å². The first kappa shape index (κ1) is 26.9. The van der Waals surface area contributed by atoms with Gasteiger partial charge in [0.1, 0.15) is 0 Å². The van der Waals surface area contributed by atoms with Crippen LogP contribution in [0.25, 0.3) is 0 Å². The number of aromatic hydroxyl groups is 2. The van der Waals surface area contributed by atoms with E-state index in [0.29, 0.717) is 11.2 Å². The highest BCUT2D eigenvalue weighted by molar-refractivity contribution is 5.70. The monoisotopic (exact) mass is 439 g/mol. The highest BCUT2D eigenvalue weighted by atomic mass is 16.7. The molecule has 0 saturated carbocycles. The summed E-state index contributed by atoms with van der Waals surface area (Å²) >= 11 is 0. The Bertz CT molecular complexity index is 608. The number of aliphatic carboxylic acids is 1. The summed E-state index contributed by atoms with van der Waals surface area (Å²) in [5, 5.41) is 28.3. The number of carboxylic acid groups (broad SMARTS) is 1. The minimum absolute atomic E-state index is 0.202. The molecule has 1 atom stereocenters. The van der Waals surface area contributed by atoms with Crippen LogP contribution in [0.3, 0.4) is 0 Å². The van der Waals surface area contributed by atoms with Gasteiger partial charge in [0.05, 0.1) is 5.92 Å². The summed E-state index contributed by atoms with van der Waals surface area (Å²) in [5.74, 6) is -2.09. The number of nitrogens with zero attached hydrogens (tertiary/aromatic N) is 1. The van der Waals surface area contributed by atoms with Gasteiger partial charge < -0.3 is 20.2 Å². The fourth-order valence-corrected chi connectivity index (χ4v) is 3.75. The zero-order chi connectivity index (χ0) is 22.9. The van der Waals surface area contributed by atoms with Crippen molar-refractivity contribution in [1.29, 1.82) is 0 Å². The molecule has 1 aromatic heterocycles. The molecule has 1 rings (SSSR count). The summed E-state index contributed by atoms with van der Waals surface area (Å²) in [5.41, 5.74) is 0. The second-order valence-corrected chi connectivity index (χ2v) is 8.41. The lowest BCUT2D eigenvalue weighted by molar-refractivity contribution is -0.145. The number of hydrogen-bond donors (Lipinski definition) is 3. The molecule has 0 aromatic carbocycles. The number of aromatic nitrogens is 1. The first-order chi connectivity index (χ1) is 15.0. The molecule has 3 N–H and O–H groups in total. The molecule has 0 spiro atoms. The fourth-order valence-electron chi connectivity index (χ4n) is 3.75. The van der Waals surface area contributed by atoms with E-state index in [9.17, 15) is 24.9 Å². The van der Waals surface area contributed by atoms with Gasteiger partial charge >= 0.3 is 11.9 Å². The molecule has 0 amide bonds. The predicted molar refractivity (Wildman–Crippen MR) is 120 cm³/mol. The van der Waals surface area contributed by atoms with E-state index in [1.165, 1.54) is 50.7 Å². The normalized spacial score (nSPS) is 12.0. The quantitative estimate of drug-likeness (QED) is 0.234. The van der Waals surface area contributed by atoms with Gasteiger partial charge in [-0.2, -0.15) is 0 Å². The Balaban J connectivity index is 2.03. The number of carbonyl (C=O) groups is 2. The SMILES string of the molecule is CCCCCCCCCCC(CCCCCCCC(=O)On1c(O)ccc1O)C(=O)O. The molecule has 7 nitrogen and oxygen atoms in total. The lowest BCUT2D eigenvalue weighted by Crippen LogP contribution is -2.18. The van der Waals surface area contributed by atoms with Gasteiger partial charge in [0.25, 0.3) is 0 Å². The average Bonchev–Trinajstić information content (AvgIpc) is 3.05. The van der Waals surface area contributed by atoms with Crippen LogP contribution in [-0.4, -0.2) is 32.0 Å². The Labute approximate surface area is 186 Å². The van der Waals surface area contributed by atoms with Crippen molar-refractivity contribution in [2.75, 3.05) is 0 Å². The highest BCUT2D eigenvalue weighted by Gasteiger charge is 2.16. The maximum absolute atomic E-state index is 11.8. The average molecular weight is 440 g/mol. The molecule has 7 heteroatoms. The van der Waals surface area contributed by atoms with Crippen LogP contribution in [0.5, 0.6) is 11.8 Å². The largest absolute Gasteiger partial charge is 0.492 e. The van der Waals surface area contributed by atoms with Crippen LogP contribution >= 0.6 is 0 Å². The standard InChI is InChI=1S/C24H41NO6/c1-2-3-4-5-6-7-9-12-15-20(24(29)30)16-13-10-8-11-14-17-23(28)31-25-21(26)18-19-22(25)27/h18-20,26-27H,2-17H2,1H3,(H,29,30). The van der Waals surface area contributed by atoms with Gasteiger partial charge in [-0.15, -0.1) is 4.73 Å². The minimum atomic E-state index is -0.679. The van der Waals surface area contributed by atoms with E-state index in [1.807, 2.05) is 0 Å². The maximum atomic E-state index is 11.8. The summed E-state index contributed by atoms with van der Waals surface area (Å²) in [6.07, 6.45) is 15.8. The number of unbranched alkanes of at least 4 members (excludes halogenated alkanes) is 11. The number of carbonyl (C=O) groups excluding carboxylic acids is 1. The Hall–Kier alpha value is -2.18. The minimum Gasteiger partial charge on any atom is -0.492 e.